The number of carbonyl (C=O) groups excluding carboxylic acids is 2. The predicted molar refractivity (Wildman–Crippen MR) is 98.8 cm³/mol. The summed E-state index contributed by atoms with van der Waals surface area (Å²) in [7, 11) is 0. The molecule has 0 unspecified atom stereocenters. The molecule has 3 N–H and O–H groups in total. The van der Waals surface area contributed by atoms with Crippen LogP contribution >= 0.6 is 0 Å². The van der Waals surface area contributed by atoms with Gasteiger partial charge in [-0.25, -0.2) is 13.8 Å². The van der Waals surface area contributed by atoms with Crippen molar-refractivity contribution in [3.63, 3.8) is 0 Å². The first kappa shape index (κ1) is 22.5. The van der Waals surface area contributed by atoms with Crippen LogP contribution in [-0.2, 0) is 12.5 Å². The van der Waals surface area contributed by atoms with E-state index in [4.69, 9.17) is 5.73 Å². The quantitative estimate of drug-likeness (QED) is 0.546. The zero-order chi connectivity index (χ0) is 23.4. The Balaban J connectivity index is 2.07. The zero-order valence-electron chi connectivity index (χ0n) is 17.0. The van der Waals surface area contributed by atoms with Crippen molar-refractivity contribution in [1.82, 2.24) is 14.5 Å². The first-order valence-electron chi connectivity index (χ1n) is 9.26. The number of primary amides is 1. The maximum Gasteiger partial charge on any atom is 0.296 e. The lowest BCUT2D eigenvalue weighted by Crippen LogP contribution is -2.47. The highest BCUT2D eigenvalue weighted by molar-refractivity contribution is 5.95. The highest BCUT2D eigenvalue weighted by Crippen LogP contribution is 2.52. The number of aromatic nitrogens is 3. The summed E-state index contributed by atoms with van der Waals surface area (Å²) in [4.78, 5) is 28.0. The van der Waals surface area contributed by atoms with Crippen LogP contribution in [0.4, 0.5) is 17.6 Å². The van der Waals surface area contributed by atoms with E-state index in [-0.39, 0.29) is 28.9 Å². The summed E-state index contributed by atoms with van der Waals surface area (Å²) in [5.41, 5.74) is 2.80. The van der Waals surface area contributed by atoms with Crippen molar-refractivity contribution in [3.8, 4) is 0 Å². The SMILES string of the molecule is Cc1c(C(C)(F)F)nn(CC2(C)CC(F)(F)C2)c1C(=O)N=c1ccn(O)c(C(N)=O)c1. The van der Waals surface area contributed by atoms with Gasteiger partial charge in [-0.15, -0.1) is 0 Å². The molecule has 1 saturated carbocycles. The molecule has 1 aliphatic carbocycles. The molecule has 2 aromatic rings. The molecule has 0 aliphatic heterocycles. The highest BCUT2D eigenvalue weighted by atomic mass is 19.3. The van der Waals surface area contributed by atoms with Gasteiger partial charge in [0.15, 0.2) is 0 Å². The fourth-order valence-corrected chi connectivity index (χ4v) is 3.93. The topological polar surface area (TPSA) is 116 Å². The van der Waals surface area contributed by atoms with Gasteiger partial charge in [0.2, 0.25) is 5.92 Å². The Morgan fingerprint density at radius 3 is 2.48 bits per heavy atom. The van der Waals surface area contributed by atoms with E-state index in [0.29, 0.717) is 11.7 Å². The lowest BCUT2D eigenvalue weighted by atomic mass is 9.67. The van der Waals surface area contributed by atoms with Crippen molar-refractivity contribution >= 4 is 11.8 Å². The number of amides is 2. The molecule has 1 aliphatic rings. The van der Waals surface area contributed by atoms with Crippen LogP contribution in [0.1, 0.15) is 58.9 Å². The molecule has 0 atom stereocenters. The number of carbonyl (C=O) groups is 2. The lowest BCUT2D eigenvalue weighted by Gasteiger charge is -2.44. The van der Waals surface area contributed by atoms with Gasteiger partial charge in [0.05, 0.1) is 5.36 Å². The predicted octanol–water partition coefficient (Wildman–Crippen LogP) is 2.62. The number of nitrogens with two attached hydrogens (primary N) is 1. The van der Waals surface area contributed by atoms with E-state index in [1.54, 1.807) is 6.92 Å². The van der Waals surface area contributed by atoms with Crippen molar-refractivity contribution in [2.75, 3.05) is 0 Å². The van der Waals surface area contributed by atoms with Crippen LogP contribution in [0.5, 0.6) is 0 Å². The molecule has 2 heterocycles. The molecule has 0 aromatic carbocycles. The zero-order valence-corrected chi connectivity index (χ0v) is 17.0. The summed E-state index contributed by atoms with van der Waals surface area (Å²) in [6.45, 7) is 3.28. The molecule has 0 saturated heterocycles. The summed E-state index contributed by atoms with van der Waals surface area (Å²) in [6, 6.07) is 2.24. The minimum Gasteiger partial charge on any atom is -0.428 e. The minimum absolute atomic E-state index is 0.0672. The molecule has 8 nitrogen and oxygen atoms in total. The van der Waals surface area contributed by atoms with E-state index < -0.39 is 47.6 Å². The monoisotopic (exact) mass is 443 g/mol. The summed E-state index contributed by atoms with van der Waals surface area (Å²) >= 11 is 0. The average Bonchev–Trinajstić information content (AvgIpc) is 2.90. The van der Waals surface area contributed by atoms with E-state index in [0.717, 1.165) is 16.9 Å². The molecule has 2 amide bonds. The highest BCUT2D eigenvalue weighted by Gasteiger charge is 2.54. The number of nitrogens with zero attached hydrogens (tertiary/aromatic N) is 4. The third-order valence-electron chi connectivity index (χ3n) is 5.11. The van der Waals surface area contributed by atoms with Crippen LogP contribution in [0.2, 0.25) is 0 Å². The van der Waals surface area contributed by atoms with Gasteiger partial charge in [0.1, 0.15) is 17.1 Å². The third kappa shape index (κ3) is 4.47. The second kappa shape index (κ2) is 7.20. The minimum atomic E-state index is -3.37. The standard InChI is InChI=1S/C19H21F4N5O3/c1-10-13(16(30)25-11-4-5-28(31)12(6-11)15(24)29)27(26-14(10)18(3,20)21)9-17(2)7-19(22,23)8-17/h4-6,31H,7-9H2,1-3H3,(H2,24,29). The van der Waals surface area contributed by atoms with E-state index in [1.807, 2.05) is 0 Å². The number of alkyl halides is 4. The Bertz CT molecular complexity index is 1120. The Kier molecular flexibility index (Phi) is 5.23. The fraction of sp³-hybridized carbons (Fsp3) is 0.474. The van der Waals surface area contributed by atoms with Crippen LogP contribution in [0, 0.1) is 12.3 Å². The molecule has 1 fully saturated rings. The molecule has 12 heteroatoms. The Hall–Kier alpha value is -3.18. The van der Waals surface area contributed by atoms with Gasteiger partial charge in [-0.1, -0.05) is 6.92 Å². The van der Waals surface area contributed by atoms with Gasteiger partial charge >= 0.3 is 0 Å². The lowest BCUT2D eigenvalue weighted by molar-refractivity contribution is -0.160. The van der Waals surface area contributed by atoms with E-state index >= 15 is 0 Å². The second-order valence-electron chi connectivity index (χ2n) is 8.28. The van der Waals surface area contributed by atoms with E-state index in [2.05, 4.69) is 10.1 Å². The first-order chi connectivity index (χ1) is 14.1. The van der Waals surface area contributed by atoms with Crippen LogP contribution in [0.3, 0.4) is 0 Å². The molecule has 3 rings (SSSR count). The average molecular weight is 443 g/mol. The van der Waals surface area contributed by atoms with Gasteiger partial charge in [-0.05, 0) is 24.5 Å². The number of hydrogen-bond donors (Lipinski definition) is 2. The van der Waals surface area contributed by atoms with Gasteiger partial charge in [-0.2, -0.15) is 18.6 Å². The molecule has 0 spiro atoms. The second-order valence-corrected chi connectivity index (χ2v) is 8.28. The van der Waals surface area contributed by atoms with Crippen LogP contribution < -0.4 is 11.1 Å². The van der Waals surface area contributed by atoms with Crippen molar-refractivity contribution in [1.29, 1.82) is 0 Å². The number of rotatable bonds is 5. The molecule has 31 heavy (non-hydrogen) atoms. The maximum atomic E-state index is 14.0. The van der Waals surface area contributed by atoms with E-state index in [9.17, 15) is 32.4 Å². The summed E-state index contributed by atoms with van der Waals surface area (Å²) < 4.78 is 56.3. The van der Waals surface area contributed by atoms with Crippen molar-refractivity contribution < 1.29 is 32.4 Å². The Morgan fingerprint density at radius 2 is 1.97 bits per heavy atom. The molecular formula is C19H21F4N5O3. The first-order valence-corrected chi connectivity index (χ1v) is 9.26. The summed E-state index contributed by atoms with van der Waals surface area (Å²) in [5, 5.41) is 13.3. The molecular weight excluding hydrogens is 422 g/mol. The molecule has 0 bridgehead atoms. The fourth-order valence-electron chi connectivity index (χ4n) is 3.93. The van der Waals surface area contributed by atoms with E-state index in [1.165, 1.54) is 13.0 Å². The van der Waals surface area contributed by atoms with Gasteiger partial charge in [0, 0.05) is 38.1 Å². The number of pyridine rings is 1. The molecule has 168 valence electrons. The summed E-state index contributed by atoms with van der Waals surface area (Å²) in [5.74, 6) is -8.16. The van der Waals surface area contributed by atoms with Crippen molar-refractivity contribution in [2.24, 2.45) is 16.1 Å². The third-order valence-corrected chi connectivity index (χ3v) is 5.11. The van der Waals surface area contributed by atoms with Gasteiger partial charge < -0.3 is 10.9 Å². The van der Waals surface area contributed by atoms with Crippen LogP contribution in [0.15, 0.2) is 23.3 Å². The Morgan fingerprint density at radius 1 is 1.35 bits per heavy atom. The van der Waals surface area contributed by atoms with Crippen LogP contribution in [-0.4, -0.2) is 37.5 Å². The van der Waals surface area contributed by atoms with Crippen molar-refractivity contribution in [2.45, 2.75) is 52.0 Å². The number of hydrogen-bond acceptors (Lipinski definition) is 4. The maximum absolute atomic E-state index is 14.0. The molecule has 0 radical (unpaired) electrons. The molecule has 2 aromatic heterocycles. The largest absolute Gasteiger partial charge is 0.428 e. The van der Waals surface area contributed by atoms with Crippen LogP contribution in [0.25, 0.3) is 0 Å². The van der Waals surface area contributed by atoms with Crippen molar-refractivity contribution in [3.05, 3.63) is 46.3 Å². The smallest absolute Gasteiger partial charge is 0.296 e. The number of halogens is 4. The summed E-state index contributed by atoms with van der Waals surface area (Å²) in [6.07, 6.45) is 0.108. The Labute approximate surface area is 174 Å². The normalized spacial score (nSPS) is 18.0. The van der Waals surface area contributed by atoms with Gasteiger partial charge in [0.25, 0.3) is 17.7 Å². The van der Waals surface area contributed by atoms with Gasteiger partial charge in [-0.3, -0.25) is 14.3 Å².